The maximum absolute atomic E-state index is 13.4. The van der Waals surface area contributed by atoms with Gasteiger partial charge in [-0.15, -0.1) is 0 Å². The minimum absolute atomic E-state index is 0.0492. The lowest BCUT2D eigenvalue weighted by Crippen LogP contribution is -2.33. The van der Waals surface area contributed by atoms with Gasteiger partial charge in [-0.05, 0) is 63.8 Å². The van der Waals surface area contributed by atoms with Crippen LogP contribution in [0.2, 0.25) is 0 Å². The maximum atomic E-state index is 13.4. The Labute approximate surface area is 179 Å². The van der Waals surface area contributed by atoms with Crippen molar-refractivity contribution < 1.29 is 23.0 Å². The monoisotopic (exact) mass is 439 g/mol. The van der Waals surface area contributed by atoms with Crippen molar-refractivity contribution >= 4 is 17.5 Å². The number of aromatic nitrogens is 2. The van der Waals surface area contributed by atoms with Crippen molar-refractivity contribution in [2.24, 2.45) is 5.73 Å². The van der Waals surface area contributed by atoms with Crippen LogP contribution in [-0.2, 0) is 6.18 Å². The van der Waals surface area contributed by atoms with E-state index in [1.165, 1.54) is 0 Å². The van der Waals surface area contributed by atoms with Crippen LogP contribution >= 0.6 is 0 Å². The molecule has 0 atom stereocenters. The van der Waals surface area contributed by atoms with Crippen LogP contribution < -0.4 is 21.1 Å². The molecule has 0 amide bonds. The summed E-state index contributed by atoms with van der Waals surface area (Å²) in [6.07, 6.45) is -0.874. The third kappa shape index (κ3) is 6.96. The van der Waals surface area contributed by atoms with E-state index in [1.807, 2.05) is 0 Å². The molecule has 31 heavy (non-hydrogen) atoms. The number of benzene rings is 1. The number of halogens is 3. The van der Waals surface area contributed by atoms with Crippen molar-refractivity contribution in [3.05, 3.63) is 36.0 Å². The standard InChI is InChI=1S/C21H28F3N5O2/c1-20(2,30)12-31-16-9-7-15(8-10-16)28-19-26-11-17(21(22,23)24)18(29-19)27-14-5-3-13(25)4-6-14/h7-11,13-14,30H,3-6,12,25H2,1-2H3,(H2,26,27,28,29)/t13-,14+. The predicted molar refractivity (Wildman–Crippen MR) is 112 cm³/mol. The van der Waals surface area contributed by atoms with E-state index >= 15 is 0 Å². The van der Waals surface area contributed by atoms with Gasteiger partial charge in [0.25, 0.3) is 0 Å². The Kier molecular flexibility index (Phi) is 6.90. The highest BCUT2D eigenvalue weighted by molar-refractivity contribution is 5.57. The molecule has 170 valence electrons. The third-order valence-corrected chi connectivity index (χ3v) is 4.91. The van der Waals surface area contributed by atoms with Crippen LogP contribution in [0.15, 0.2) is 30.5 Å². The first-order valence-corrected chi connectivity index (χ1v) is 10.2. The highest BCUT2D eigenvalue weighted by Crippen LogP contribution is 2.35. The Bertz CT molecular complexity index is 861. The fourth-order valence-corrected chi connectivity index (χ4v) is 3.24. The summed E-state index contributed by atoms with van der Waals surface area (Å²) >= 11 is 0. The highest BCUT2D eigenvalue weighted by atomic mass is 19.4. The first kappa shape index (κ1) is 23.1. The number of nitrogens with two attached hydrogens (primary N) is 1. The smallest absolute Gasteiger partial charge is 0.421 e. The fourth-order valence-electron chi connectivity index (χ4n) is 3.24. The summed E-state index contributed by atoms with van der Waals surface area (Å²) in [5.41, 5.74) is 4.61. The Morgan fingerprint density at radius 1 is 1.13 bits per heavy atom. The average Bonchev–Trinajstić information content (AvgIpc) is 2.68. The number of ether oxygens (including phenoxy) is 1. The molecule has 2 aromatic rings. The zero-order valence-electron chi connectivity index (χ0n) is 17.5. The number of aliphatic hydroxyl groups is 1. The van der Waals surface area contributed by atoms with E-state index in [-0.39, 0.29) is 30.5 Å². The molecule has 0 radical (unpaired) electrons. The zero-order valence-corrected chi connectivity index (χ0v) is 17.5. The lowest BCUT2D eigenvalue weighted by atomic mass is 9.92. The van der Waals surface area contributed by atoms with Crippen molar-refractivity contribution in [3.8, 4) is 5.75 Å². The second-order valence-electron chi connectivity index (χ2n) is 8.46. The molecule has 5 N–H and O–H groups in total. The van der Waals surface area contributed by atoms with Crippen molar-refractivity contribution in [2.75, 3.05) is 17.2 Å². The molecular weight excluding hydrogens is 411 g/mol. The molecule has 1 aromatic carbocycles. The van der Waals surface area contributed by atoms with E-state index in [4.69, 9.17) is 10.5 Å². The van der Waals surface area contributed by atoms with Crippen molar-refractivity contribution in [1.82, 2.24) is 9.97 Å². The van der Waals surface area contributed by atoms with Gasteiger partial charge in [0.15, 0.2) is 0 Å². The van der Waals surface area contributed by atoms with E-state index in [0.717, 1.165) is 19.0 Å². The largest absolute Gasteiger partial charge is 0.491 e. The molecule has 1 aromatic heterocycles. The van der Waals surface area contributed by atoms with Gasteiger partial charge in [0.1, 0.15) is 23.7 Å². The summed E-state index contributed by atoms with van der Waals surface area (Å²) in [5, 5.41) is 15.6. The van der Waals surface area contributed by atoms with Crippen molar-refractivity contribution in [2.45, 2.75) is 63.4 Å². The van der Waals surface area contributed by atoms with Crippen molar-refractivity contribution in [1.29, 1.82) is 0 Å². The second kappa shape index (κ2) is 9.27. The topological polar surface area (TPSA) is 105 Å². The number of hydrogen-bond acceptors (Lipinski definition) is 7. The molecule has 10 heteroatoms. The van der Waals surface area contributed by atoms with Gasteiger partial charge in [-0.25, -0.2) is 4.98 Å². The fraction of sp³-hybridized carbons (Fsp3) is 0.524. The predicted octanol–water partition coefficient (Wildman–Crippen LogP) is 4.07. The van der Waals surface area contributed by atoms with Gasteiger partial charge in [-0.1, -0.05) is 0 Å². The zero-order chi connectivity index (χ0) is 22.6. The number of alkyl halides is 3. The molecule has 0 unspecified atom stereocenters. The maximum Gasteiger partial charge on any atom is 0.421 e. The van der Waals surface area contributed by atoms with Gasteiger partial charge in [0, 0.05) is 24.0 Å². The van der Waals surface area contributed by atoms with Crippen LogP contribution in [0.3, 0.4) is 0 Å². The van der Waals surface area contributed by atoms with Crippen LogP contribution in [0.25, 0.3) is 0 Å². The quantitative estimate of drug-likeness (QED) is 0.515. The van der Waals surface area contributed by atoms with E-state index in [9.17, 15) is 18.3 Å². The highest BCUT2D eigenvalue weighted by Gasteiger charge is 2.36. The Hall–Kier alpha value is -2.59. The van der Waals surface area contributed by atoms with Gasteiger partial charge in [-0.2, -0.15) is 18.2 Å². The average molecular weight is 439 g/mol. The molecule has 0 saturated heterocycles. The molecule has 3 rings (SSSR count). The van der Waals surface area contributed by atoms with E-state index < -0.39 is 17.3 Å². The Morgan fingerprint density at radius 2 is 1.77 bits per heavy atom. The molecule has 1 heterocycles. The number of nitrogens with one attached hydrogen (secondary N) is 2. The summed E-state index contributed by atoms with van der Waals surface area (Å²) in [6, 6.07) is 6.73. The minimum Gasteiger partial charge on any atom is -0.491 e. The molecule has 0 aliphatic heterocycles. The molecule has 7 nitrogen and oxygen atoms in total. The number of nitrogens with zero attached hydrogens (tertiary/aromatic N) is 2. The summed E-state index contributed by atoms with van der Waals surface area (Å²) < 4.78 is 45.8. The van der Waals surface area contributed by atoms with Crippen molar-refractivity contribution in [3.63, 3.8) is 0 Å². The van der Waals surface area contributed by atoms with Gasteiger partial charge in [0.2, 0.25) is 5.95 Å². The van der Waals surface area contributed by atoms with Crippen LogP contribution in [-0.4, -0.2) is 39.4 Å². The van der Waals surface area contributed by atoms with E-state index in [0.29, 0.717) is 24.3 Å². The van der Waals surface area contributed by atoms with Gasteiger partial charge in [0.05, 0.1) is 5.60 Å². The lowest BCUT2D eigenvalue weighted by Gasteiger charge is -2.28. The molecule has 0 bridgehead atoms. The second-order valence-corrected chi connectivity index (χ2v) is 8.46. The lowest BCUT2D eigenvalue weighted by molar-refractivity contribution is -0.137. The Morgan fingerprint density at radius 3 is 2.35 bits per heavy atom. The van der Waals surface area contributed by atoms with Gasteiger partial charge < -0.3 is 26.2 Å². The van der Waals surface area contributed by atoms with E-state index in [1.54, 1.807) is 38.1 Å². The first-order valence-electron chi connectivity index (χ1n) is 10.2. The minimum atomic E-state index is -4.56. The number of hydrogen-bond donors (Lipinski definition) is 4. The third-order valence-electron chi connectivity index (χ3n) is 4.91. The molecular formula is C21H28F3N5O2. The molecule has 1 saturated carbocycles. The molecule has 0 spiro atoms. The molecule has 1 aliphatic carbocycles. The summed E-state index contributed by atoms with van der Waals surface area (Å²) in [6.45, 7) is 3.40. The van der Waals surface area contributed by atoms with E-state index in [2.05, 4.69) is 20.6 Å². The van der Waals surface area contributed by atoms with Crippen LogP contribution in [0.5, 0.6) is 5.75 Å². The molecule has 1 fully saturated rings. The van der Waals surface area contributed by atoms with Crippen LogP contribution in [0.4, 0.5) is 30.6 Å². The van der Waals surface area contributed by atoms with Gasteiger partial charge >= 0.3 is 6.18 Å². The molecule has 1 aliphatic rings. The first-order chi connectivity index (χ1) is 14.5. The number of anilines is 3. The number of rotatable bonds is 7. The summed E-state index contributed by atoms with van der Waals surface area (Å²) in [7, 11) is 0. The summed E-state index contributed by atoms with van der Waals surface area (Å²) in [5.74, 6) is 0.364. The van der Waals surface area contributed by atoms with Crippen LogP contribution in [0, 0.1) is 0 Å². The normalized spacial score (nSPS) is 19.7. The Balaban J connectivity index is 1.72. The van der Waals surface area contributed by atoms with Crippen LogP contribution in [0.1, 0.15) is 45.1 Å². The van der Waals surface area contributed by atoms with Gasteiger partial charge in [-0.3, -0.25) is 0 Å². The summed E-state index contributed by atoms with van der Waals surface area (Å²) in [4.78, 5) is 7.92. The SMILES string of the molecule is CC(C)(O)COc1ccc(Nc2ncc(C(F)(F)F)c(N[C@H]3CC[C@@H](N)CC3)n2)cc1.